The second kappa shape index (κ2) is 12.1. The van der Waals surface area contributed by atoms with Crippen LogP contribution in [-0.4, -0.2) is 58.4 Å². The average molecular weight is 620 g/mol. The predicted octanol–water partition coefficient (Wildman–Crippen LogP) is 1.85. The smallest absolute Gasteiger partial charge is 0.407 e. The summed E-state index contributed by atoms with van der Waals surface area (Å²) in [6, 6.07) is 14.1. The second-order valence-corrected chi connectivity index (χ2v) is 13.5. The zero-order chi connectivity index (χ0) is 26.3. The number of hydrogen-bond donors (Lipinski definition) is 3. The summed E-state index contributed by atoms with van der Waals surface area (Å²) in [7, 11) is -8.05. The number of primary sulfonamides is 1. The summed E-state index contributed by atoms with van der Waals surface area (Å²) in [4.78, 5) is 29.2. The molecule has 0 saturated heterocycles. The van der Waals surface area contributed by atoms with E-state index in [9.17, 15) is 26.4 Å². The number of carbonyl (C=O) groups is 2. The molecular weight excluding hydrogens is 596 g/mol. The van der Waals surface area contributed by atoms with E-state index < -0.39 is 48.6 Å². The molecule has 0 aliphatic heterocycles. The fourth-order valence-electron chi connectivity index (χ4n) is 3.05. The van der Waals surface area contributed by atoms with E-state index in [4.69, 9.17) is 9.88 Å². The maximum Gasteiger partial charge on any atom is 0.407 e. The first kappa shape index (κ1) is 28.0. The zero-order valence-corrected chi connectivity index (χ0v) is 22.8. The molecule has 194 valence electrons. The predicted molar refractivity (Wildman–Crippen MR) is 139 cm³/mol. The highest BCUT2D eigenvalue weighted by atomic mass is 79.9. The van der Waals surface area contributed by atoms with Gasteiger partial charge in [-0.1, -0.05) is 46.3 Å². The molecule has 36 heavy (non-hydrogen) atoms. The molecule has 1 atom stereocenters. The molecule has 1 unspecified atom stereocenters. The molecule has 3 aromatic rings. The Bertz CT molecular complexity index is 1440. The highest BCUT2D eigenvalue weighted by molar-refractivity contribution is 9.10. The highest BCUT2D eigenvalue weighted by Crippen LogP contribution is 2.33. The number of amides is 2. The van der Waals surface area contributed by atoms with E-state index in [0.717, 1.165) is 21.4 Å². The topological polar surface area (TPSA) is 175 Å². The third-order valence-electron chi connectivity index (χ3n) is 4.74. The first-order valence-electron chi connectivity index (χ1n) is 10.4. The van der Waals surface area contributed by atoms with E-state index in [1.54, 1.807) is 42.5 Å². The summed E-state index contributed by atoms with van der Waals surface area (Å²) < 4.78 is 55.2. The van der Waals surface area contributed by atoms with Gasteiger partial charge in [-0.15, -0.1) is 11.3 Å². The van der Waals surface area contributed by atoms with Crippen LogP contribution < -0.4 is 15.8 Å². The number of nitrogens with zero attached hydrogens (tertiary/aromatic N) is 1. The number of carbonyl (C=O) groups excluding carboxylic acids is 2. The number of alkyl carbamates (subject to hydrolysis) is 1. The maximum atomic E-state index is 13.2. The lowest BCUT2D eigenvalue weighted by Gasteiger charge is -2.16. The third kappa shape index (κ3) is 8.23. The Kier molecular flexibility index (Phi) is 9.41. The van der Waals surface area contributed by atoms with Crippen LogP contribution in [0.1, 0.15) is 15.8 Å². The Morgan fingerprint density at radius 2 is 1.72 bits per heavy atom. The Balaban J connectivity index is 1.71. The van der Waals surface area contributed by atoms with Gasteiger partial charge in [-0.2, -0.15) is 0 Å². The molecule has 0 saturated carbocycles. The van der Waals surface area contributed by atoms with Crippen molar-refractivity contribution in [2.75, 3.05) is 24.6 Å². The minimum atomic E-state index is -4.19. The molecular formula is C21H23BrN4O7S3. The average Bonchev–Trinajstić information content (AvgIpc) is 3.19. The zero-order valence-electron chi connectivity index (χ0n) is 18.7. The number of nitrogens with one attached hydrogen (secondary N) is 2. The van der Waals surface area contributed by atoms with Crippen molar-refractivity contribution in [3.8, 4) is 0 Å². The van der Waals surface area contributed by atoms with Crippen molar-refractivity contribution < 1.29 is 31.2 Å². The van der Waals surface area contributed by atoms with Gasteiger partial charge in [0.2, 0.25) is 15.9 Å². The van der Waals surface area contributed by atoms with Gasteiger partial charge in [0.05, 0.1) is 21.7 Å². The first-order chi connectivity index (χ1) is 16.9. The van der Waals surface area contributed by atoms with Crippen molar-refractivity contribution in [1.82, 2.24) is 15.6 Å². The van der Waals surface area contributed by atoms with E-state index in [-0.39, 0.29) is 24.7 Å². The summed E-state index contributed by atoms with van der Waals surface area (Å²) in [5, 5.41) is 7.92. The van der Waals surface area contributed by atoms with Gasteiger partial charge in [-0.05, 0) is 23.8 Å². The van der Waals surface area contributed by atoms with Gasteiger partial charge in [0, 0.05) is 17.6 Å². The van der Waals surface area contributed by atoms with E-state index >= 15 is 0 Å². The minimum absolute atomic E-state index is 0.00969. The van der Waals surface area contributed by atoms with Crippen LogP contribution in [0.2, 0.25) is 0 Å². The van der Waals surface area contributed by atoms with E-state index in [0.29, 0.717) is 10.2 Å². The van der Waals surface area contributed by atoms with E-state index in [1.165, 1.54) is 0 Å². The molecule has 3 rings (SSSR count). The second-order valence-electron chi connectivity index (χ2n) is 7.56. The van der Waals surface area contributed by atoms with Crippen LogP contribution in [0, 0.1) is 0 Å². The summed E-state index contributed by atoms with van der Waals surface area (Å²) in [6.45, 7) is -0.673. The number of sulfone groups is 1. The van der Waals surface area contributed by atoms with Crippen molar-refractivity contribution in [1.29, 1.82) is 0 Å². The van der Waals surface area contributed by atoms with Crippen LogP contribution in [0.15, 0.2) is 53.0 Å². The molecule has 0 aliphatic rings. The number of nitrogens with two attached hydrogens (primary N) is 1. The van der Waals surface area contributed by atoms with Crippen LogP contribution in [0.5, 0.6) is 0 Å². The van der Waals surface area contributed by atoms with E-state index in [1.807, 2.05) is 6.07 Å². The van der Waals surface area contributed by atoms with Crippen molar-refractivity contribution >= 4 is 69.3 Å². The van der Waals surface area contributed by atoms with Gasteiger partial charge in [-0.25, -0.2) is 31.8 Å². The summed E-state index contributed by atoms with van der Waals surface area (Å²) in [6.07, 6.45) is -0.812. The molecule has 0 radical (unpaired) electrons. The van der Waals surface area contributed by atoms with Crippen LogP contribution in [0.25, 0.3) is 10.2 Å². The lowest BCUT2D eigenvalue weighted by atomic mass is 10.2. The van der Waals surface area contributed by atoms with E-state index in [2.05, 4.69) is 31.5 Å². The van der Waals surface area contributed by atoms with Crippen LogP contribution in [0.4, 0.5) is 4.79 Å². The highest BCUT2D eigenvalue weighted by Gasteiger charge is 2.37. The number of ether oxygens (including phenoxy) is 1. The Morgan fingerprint density at radius 1 is 1.03 bits per heavy atom. The minimum Gasteiger partial charge on any atom is -0.445 e. The number of benzene rings is 2. The summed E-state index contributed by atoms with van der Waals surface area (Å²) in [5.41, 5.74) is 1.26. The Morgan fingerprint density at radius 3 is 2.42 bits per heavy atom. The molecule has 1 heterocycles. The number of thiazole rings is 1. The third-order valence-corrected chi connectivity index (χ3v) is 9.17. The molecule has 0 aliphatic carbocycles. The molecule has 1 aromatic heterocycles. The number of rotatable bonds is 11. The molecule has 4 N–H and O–H groups in total. The van der Waals surface area contributed by atoms with Crippen molar-refractivity contribution in [2.24, 2.45) is 5.14 Å². The SMILES string of the molecule is NS(=O)(=O)CCNC(=O)C(c1nc2ccc(Br)cc2s1)S(=O)(=O)CCNC(=O)OCc1ccccc1. The number of sulfonamides is 1. The fourth-order valence-corrected chi connectivity index (χ4v) is 6.92. The number of halogens is 1. The Hall–Kier alpha value is -2.59. The standard InChI is InChI=1S/C21H23BrN4O7S3/c22-15-6-7-16-17(12-15)34-20(26-16)18(19(27)24-9-11-36(23,31)32)35(29,30)10-8-25-21(28)33-13-14-4-2-1-3-5-14/h1-7,12,18H,8-11,13H2,(H,24,27)(H,25,28)(H2,23,31,32). The maximum absolute atomic E-state index is 13.2. The normalized spacial score (nSPS) is 12.7. The van der Waals surface area contributed by atoms with Gasteiger partial charge in [0.15, 0.2) is 15.1 Å². The van der Waals surface area contributed by atoms with Gasteiger partial charge in [0.1, 0.15) is 11.6 Å². The molecule has 11 nitrogen and oxygen atoms in total. The number of aromatic nitrogens is 1. The molecule has 0 spiro atoms. The molecule has 2 amide bonds. The quantitative estimate of drug-likeness (QED) is 0.292. The molecule has 0 bridgehead atoms. The van der Waals surface area contributed by atoms with Gasteiger partial charge in [0.25, 0.3) is 0 Å². The summed E-state index contributed by atoms with van der Waals surface area (Å²) in [5.74, 6) is -2.09. The number of hydrogen-bond acceptors (Lipinski definition) is 9. The van der Waals surface area contributed by atoms with Crippen LogP contribution in [0.3, 0.4) is 0 Å². The van der Waals surface area contributed by atoms with Crippen molar-refractivity contribution in [3.63, 3.8) is 0 Å². The lowest BCUT2D eigenvalue weighted by molar-refractivity contribution is -0.120. The fraction of sp³-hybridized carbons (Fsp3) is 0.286. The van der Waals surface area contributed by atoms with Crippen molar-refractivity contribution in [3.05, 3.63) is 63.6 Å². The molecule has 2 aromatic carbocycles. The molecule has 0 fully saturated rings. The van der Waals surface area contributed by atoms with Crippen LogP contribution in [-0.2, 0) is 36.0 Å². The number of fused-ring (bicyclic) bond motifs is 1. The Labute approximate surface area is 220 Å². The lowest BCUT2D eigenvalue weighted by Crippen LogP contribution is -2.39. The monoisotopic (exact) mass is 618 g/mol. The van der Waals surface area contributed by atoms with Gasteiger partial charge >= 0.3 is 6.09 Å². The first-order valence-corrected chi connectivity index (χ1v) is 15.5. The van der Waals surface area contributed by atoms with Gasteiger partial charge < -0.3 is 15.4 Å². The largest absolute Gasteiger partial charge is 0.445 e. The van der Waals surface area contributed by atoms with Crippen molar-refractivity contribution in [2.45, 2.75) is 11.9 Å². The van der Waals surface area contributed by atoms with Gasteiger partial charge in [-0.3, -0.25) is 4.79 Å². The summed E-state index contributed by atoms with van der Waals surface area (Å²) >= 11 is 4.36. The van der Waals surface area contributed by atoms with Crippen LogP contribution >= 0.6 is 27.3 Å². The molecule has 15 heteroatoms.